The summed E-state index contributed by atoms with van der Waals surface area (Å²) >= 11 is 3.78. The van der Waals surface area contributed by atoms with Gasteiger partial charge >= 0.3 is 0 Å². The molecule has 0 N–H and O–H groups in total. The third-order valence-corrected chi connectivity index (χ3v) is 10.6. The van der Waals surface area contributed by atoms with Crippen LogP contribution in [0.25, 0.3) is 0 Å². The molecule has 48 valence electrons. The smallest absolute Gasteiger partial charge is 0.114 e. The van der Waals surface area contributed by atoms with Crippen molar-refractivity contribution in [3.63, 3.8) is 0 Å². The van der Waals surface area contributed by atoms with Gasteiger partial charge in [0.25, 0.3) is 0 Å². The maximum Gasteiger partial charge on any atom is 0.114 e. The molecule has 8 heavy (non-hydrogen) atoms. The predicted octanol–water partition coefficient (Wildman–Crippen LogP) is 1.98. The monoisotopic (exact) mass is 208 g/mol. The Balaban J connectivity index is 2.19. The third-order valence-electron chi connectivity index (χ3n) is 1.95. The second-order valence-electron chi connectivity index (χ2n) is 2.86. The average Bonchev–Trinajstić information content (AvgIpc) is 1.77. The molecule has 0 aliphatic carbocycles. The molecule has 0 aromatic heterocycles. The van der Waals surface area contributed by atoms with Gasteiger partial charge in [-0.05, 0) is 0 Å². The molecular formula is C5H13BrSi2. The van der Waals surface area contributed by atoms with Gasteiger partial charge in [0.15, 0.2) is 0 Å². The number of hydrogen-bond acceptors (Lipinski definition) is 0. The molecule has 0 amide bonds. The van der Waals surface area contributed by atoms with Crippen molar-refractivity contribution in [2.45, 2.75) is 30.7 Å². The summed E-state index contributed by atoms with van der Waals surface area (Å²) in [6, 6.07) is 6.44. The second kappa shape index (κ2) is 3.18. The van der Waals surface area contributed by atoms with Crippen molar-refractivity contribution < 1.29 is 0 Å². The first kappa shape index (κ1) is 7.03. The highest BCUT2D eigenvalue weighted by molar-refractivity contribution is 9.24. The van der Waals surface area contributed by atoms with E-state index in [0.717, 1.165) is 0 Å². The Kier molecular flexibility index (Phi) is 2.79. The van der Waals surface area contributed by atoms with Crippen LogP contribution in [0.3, 0.4) is 0 Å². The van der Waals surface area contributed by atoms with E-state index in [4.69, 9.17) is 0 Å². The number of hydrogen-bond donors (Lipinski definition) is 0. The van der Waals surface area contributed by atoms with Crippen LogP contribution in [-0.4, -0.2) is 16.2 Å². The van der Waals surface area contributed by atoms with Crippen LogP contribution in [-0.2, 0) is 0 Å². The van der Waals surface area contributed by atoms with Crippen molar-refractivity contribution in [3.05, 3.63) is 0 Å². The van der Waals surface area contributed by atoms with Crippen LogP contribution in [0.2, 0.25) is 30.7 Å². The lowest BCUT2D eigenvalue weighted by atomic mass is 10.9. The summed E-state index contributed by atoms with van der Waals surface area (Å²) in [6.07, 6.45) is 0. The van der Waals surface area contributed by atoms with Gasteiger partial charge in [-0.1, -0.05) is 30.7 Å². The molecule has 0 bridgehead atoms. The summed E-state index contributed by atoms with van der Waals surface area (Å²) in [7, 11) is -0.414. The molecule has 0 saturated carbocycles. The first-order valence-electron chi connectivity index (χ1n) is 3.43. The van der Waals surface area contributed by atoms with Crippen molar-refractivity contribution in [1.29, 1.82) is 0 Å². The van der Waals surface area contributed by atoms with E-state index in [1.807, 2.05) is 0 Å². The Morgan fingerprint density at radius 3 is 2.00 bits per heavy atom. The van der Waals surface area contributed by atoms with Gasteiger partial charge in [0.05, 0.1) is 0 Å². The largest absolute Gasteiger partial charge is 0.131 e. The Morgan fingerprint density at radius 2 is 1.62 bits per heavy atom. The lowest BCUT2D eigenvalue weighted by molar-refractivity contribution is 1.21. The number of rotatable bonds is 0. The average molecular weight is 209 g/mol. The SMILES string of the molecule is C[SiH]1CC[SiH](Br)CC1. The van der Waals surface area contributed by atoms with Crippen LogP contribution in [0.1, 0.15) is 0 Å². The van der Waals surface area contributed by atoms with E-state index in [2.05, 4.69) is 21.8 Å². The second-order valence-corrected chi connectivity index (χ2v) is 12.5. The molecular weight excluding hydrogens is 196 g/mol. The molecule has 1 aliphatic heterocycles. The molecule has 0 spiro atoms. The van der Waals surface area contributed by atoms with Crippen LogP contribution in [0.5, 0.6) is 0 Å². The van der Waals surface area contributed by atoms with Gasteiger partial charge in [0, 0.05) is 8.80 Å². The Bertz CT molecular complexity index is 58.8. The normalized spacial score (nSPS) is 39.8. The fourth-order valence-corrected chi connectivity index (χ4v) is 14.0. The highest BCUT2D eigenvalue weighted by Crippen LogP contribution is 2.23. The highest BCUT2D eigenvalue weighted by atomic mass is 79.9. The molecule has 0 atom stereocenters. The topological polar surface area (TPSA) is 0 Å². The zero-order valence-corrected chi connectivity index (χ0v) is 9.26. The zero-order valence-electron chi connectivity index (χ0n) is 5.36. The molecule has 1 aliphatic rings. The molecule has 0 nitrogen and oxygen atoms in total. The Hall–Kier alpha value is 0.914. The molecule has 1 fully saturated rings. The zero-order chi connectivity index (χ0) is 5.98. The lowest BCUT2D eigenvalue weighted by Gasteiger charge is -2.18. The molecule has 0 radical (unpaired) electrons. The van der Waals surface area contributed by atoms with Crippen LogP contribution in [0, 0.1) is 0 Å². The first-order chi connectivity index (χ1) is 3.79. The molecule has 0 unspecified atom stereocenters. The van der Waals surface area contributed by atoms with E-state index >= 15 is 0 Å². The van der Waals surface area contributed by atoms with E-state index in [1.165, 1.54) is 0 Å². The van der Waals surface area contributed by atoms with Gasteiger partial charge in [0.1, 0.15) is 7.42 Å². The summed E-state index contributed by atoms with van der Waals surface area (Å²) in [4.78, 5) is 0. The molecule has 0 aromatic carbocycles. The predicted molar refractivity (Wildman–Crippen MR) is 48.3 cm³/mol. The van der Waals surface area contributed by atoms with Gasteiger partial charge < -0.3 is 0 Å². The van der Waals surface area contributed by atoms with Crippen molar-refractivity contribution in [3.8, 4) is 0 Å². The van der Waals surface area contributed by atoms with Crippen molar-refractivity contribution in [1.82, 2.24) is 0 Å². The van der Waals surface area contributed by atoms with Crippen LogP contribution in [0.15, 0.2) is 0 Å². The maximum absolute atomic E-state index is 3.78. The van der Waals surface area contributed by atoms with Crippen LogP contribution < -0.4 is 0 Å². The highest BCUT2D eigenvalue weighted by Gasteiger charge is 2.16. The van der Waals surface area contributed by atoms with Crippen molar-refractivity contribution >= 4 is 31.5 Å². The van der Waals surface area contributed by atoms with Crippen molar-refractivity contribution in [2.75, 3.05) is 0 Å². The standard InChI is InChI=1S/C5H13BrSi2/c1-7-2-4-8(6)5-3-7/h7-8H,2-5H2,1H3. The number of halogens is 1. The Labute approximate surface area is 62.5 Å². The summed E-state index contributed by atoms with van der Waals surface area (Å²) < 4.78 is 0. The molecule has 1 saturated heterocycles. The molecule has 1 rings (SSSR count). The van der Waals surface area contributed by atoms with Crippen LogP contribution >= 0.6 is 15.3 Å². The lowest BCUT2D eigenvalue weighted by Crippen LogP contribution is -2.18. The Morgan fingerprint density at radius 1 is 1.12 bits per heavy atom. The minimum absolute atomic E-state index is 0.128. The third kappa shape index (κ3) is 2.03. The first-order valence-corrected chi connectivity index (χ1v) is 11.0. The van der Waals surface area contributed by atoms with Crippen LogP contribution in [0.4, 0.5) is 0 Å². The summed E-state index contributed by atoms with van der Waals surface area (Å²) in [6.45, 7) is 2.51. The van der Waals surface area contributed by atoms with Crippen molar-refractivity contribution in [2.24, 2.45) is 0 Å². The molecule has 3 heteroatoms. The van der Waals surface area contributed by atoms with E-state index in [1.54, 1.807) is 24.2 Å². The van der Waals surface area contributed by atoms with Gasteiger partial charge in [0.2, 0.25) is 0 Å². The van der Waals surface area contributed by atoms with E-state index < -0.39 is 0 Å². The molecule has 1 heterocycles. The van der Waals surface area contributed by atoms with E-state index in [-0.39, 0.29) is 16.2 Å². The maximum atomic E-state index is 3.78. The fourth-order valence-electron chi connectivity index (χ4n) is 1.22. The van der Waals surface area contributed by atoms with Gasteiger partial charge in [-0.15, -0.1) is 15.3 Å². The minimum Gasteiger partial charge on any atom is -0.131 e. The summed E-state index contributed by atoms with van der Waals surface area (Å²) in [5.74, 6) is 0. The van der Waals surface area contributed by atoms with Gasteiger partial charge in [-0.2, -0.15) is 0 Å². The van der Waals surface area contributed by atoms with Gasteiger partial charge in [-0.3, -0.25) is 0 Å². The molecule has 0 aromatic rings. The summed E-state index contributed by atoms with van der Waals surface area (Å²) in [5.41, 5.74) is 0. The summed E-state index contributed by atoms with van der Waals surface area (Å²) in [5, 5.41) is 0. The minimum atomic E-state index is -0.286. The van der Waals surface area contributed by atoms with E-state index in [0.29, 0.717) is 0 Å². The quantitative estimate of drug-likeness (QED) is 0.422. The van der Waals surface area contributed by atoms with Gasteiger partial charge in [-0.25, -0.2) is 0 Å². The fraction of sp³-hybridized carbons (Fsp3) is 1.00. The van der Waals surface area contributed by atoms with E-state index in [9.17, 15) is 0 Å².